The van der Waals surface area contributed by atoms with E-state index in [4.69, 9.17) is 5.84 Å². The summed E-state index contributed by atoms with van der Waals surface area (Å²) in [6.07, 6.45) is 3.90. The van der Waals surface area contributed by atoms with E-state index in [-0.39, 0.29) is 0 Å². The Kier molecular flexibility index (Phi) is 2.96. The zero-order chi connectivity index (χ0) is 11.4. The Bertz CT molecular complexity index is 486. The molecule has 3 heteroatoms. The van der Waals surface area contributed by atoms with Crippen LogP contribution in [0, 0.1) is 6.92 Å². The molecule has 2 aromatic rings. The maximum Gasteiger partial charge on any atom is 0.359 e. The van der Waals surface area contributed by atoms with E-state index in [1.165, 1.54) is 5.56 Å². The summed E-state index contributed by atoms with van der Waals surface area (Å²) >= 11 is 0. The van der Waals surface area contributed by atoms with Crippen molar-refractivity contribution in [2.75, 3.05) is 0 Å². The SMILES string of the molecule is Cc1cc[n+](C(=NN)c2ccccc2)cc1. The molecule has 2 rings (SSSR count). The molecule has 0 aliphatic heterocycles. The number of benzene rings is 1. The van der Waals surface area contributed by atoms with Gasteiger partial charge in [-0.2, -0.15) is 0 Å². The summed E-state index contributed by atoms with van der Waals surface area (Å²) in [5.74, 6) is 6.18. The maximum absolute atomic E-state index is 5.44. The van der Waals surface area contributed by atoms with Crippen LogP contribution >= 0.6 is 0 Å². The van der Waals surface area contributed by atoms with Crippen LogP contribution in [0.2, 0.25) is 0 Å². The van der Waals surface area contributed by atoms with E-state index in [0.29, 0.717) is 0 Å². The van der Waals surface area contributed by atoms with Crippen molar-refractivity contribution in [1.82, 2.24) is 0 Å². The number of hydrogen-bond donors (Lipinski definition) is 1. The number of pyridine rings is 1. The zero-order valence-electron chi connectivity index (χ0n) is 9.17. The van der Waals surface area contributed by atoms with Gasteiger partial charge in [0.05, 0.1) is 18.0 Å². The number of rotatable bonds is 1. The Hall–Kier alpha value is -2.16. The van der Waals surface area contributed by atoms with Crippen molar-refractivity contribution in [3.8, 4) is 0 Å². The molecule has 0 amide bonds. The van der Waals surface area contributed by atoms with Crippen molar-refractivity contribution in [2.24, 2.45) is 10.9 Å². The smallest absolute Gasteiger partial charge is 0.231 e. The highest BCUT2D eigenvalue weighted by molar-refractivity contribution is 5.91. The van der Waals surface area contributed by atoms with Crippen molar-refractivity contribution >= 4 is 5.84 Å². The standard InChI is InChI=1S/C13H14N3/c1-11-7-9-16(10-8-11)13(15-14)12-5-3-2-4-6-12/h2-10H,14H2,1H3/q+1. The second kappa shape index (κ2) is 4.57. The molecule has 16 heavy (non-hydrogen) atoms. The van der Waals surface area contributed by atoms with Crippen LogP contribution in [-0.2, 0) is 0 Å². The Morgan fingerprint density at radius 1 is 1.06 bits per heavy atom. The molecule has 1 aromatic carbocycles. The predicted molar refractivity (Wildman–Crippen MR) is 63.9 cm³/mol. The van der Waals surface area contributed by atoms with Crippen molar-refractivity contribution in [3.63, 3.8) is 0 Å². The number of nitrogens with zero attached hydrogens (tertiary/aromatic N) is 2. The van der Waals surface area contributed by atoms with Crippen LogP contribution in [0.4, 0.5) is 0 Å². The normalized spacial score (nSPS) is 11.4. The fourth-order valence-corrected chi connectivity index (χ4v) is 1.52. The number of hydrogen-bond acceptors (Lipinski definition) is 2. The zero-order valence-corrected chi connectivity index (χ0v) is 9.17. The van der Waals surface area contributed by atoms with E-state index in [1.54, 1.807) is 0 Å². The van der Waals surface area contributed by atoms with Gasteiger partial charge in [-0.15, -0.1) is 0 Å². The summed E-state index contributed by atoms with van der Waals surface area (Å²) in [4.78, 5) is 0. The van der Waals surface area contributed by atoms with Crippen LogP contribution in [0.15, 0.2) is 60.0 Å². The third kappa shape index (κ3) is 2.08. The van der Waals surface area contributed by atoms with E-state index >= 15 is 0 Å². The fraction of sp³-hybridized carbons (Fsp3) is 0.0769. The van der Waals surface area contributed by atoms with Crippen LogP contribution in [0.25, 0.3) is 0 Å². The molecule has 0 bridgehead atoms. The van der Waals surface area contributed by atoms with Gasteiger partial charge in [-0.3, -0.25) is 0 Å². The first-order valence-electron chi connectivity index (χ1n) is 5.13. The third-order valence-electron chi connectivity index (χ3n) is 2.39. The van der Waals surface area contributed by atoms with Crippen molar-refractivity contribution in [1.29, 1.82) is 0 Å². The van der Waals surface area contributed by atoms with Crippen LogP contribution in [0.5, 0.6) is 0 Å². The predicted octanol–water partition coefficient (Wildman–Crippen LogP) is 1.45. The summed E-state index contributed by atoms with van der Waals surface area (Å²) in [5.41, 5.74) is 2.21. The van der Waals surface area contributed by atoms with Gasteiger partial charge in [0.1, 0.15) is 0 Å². The van der Waals surface area contributed by atoms with E-state index in [1.807, 2.05) is 66.3 Å². The molecule has 0 saturated heterocycles. The van der Waals surface area contributed by atoms with Crippen LogP contribution in [0.3, 0.4) is 0 Å². The lowest BCUT2D eigenvalue weighted by Gasteiger charge is -2.00. The first-order valence-corrected chi connectivity index (χ1v) is 5.13. The lowest BCUT2D eigenvalue weighted by molar-refractivity contribution is -0.554. The van der Waals surface area contributed by atoms with Crippen LogP contribution in [-0.4, -0.2) is 5.84 Å². The first kappa shape index (κ1) is 10.4. The summed E-state index contributed by atoms with van der Waals surface area (Å²) in [6, 6.07) is 13.9. The Morgan fingerprint density at radius 2 is 1.69 bits per heavy atom. The van der Waals surface area contributed by atoms with E-state index in [2.05, 4.69) is 5.10 Å². The summed E-state index contributed by atoms with van der Waals surface area (Å²) in [6.45, 7) is 2.05. The Labute approximate surface area is 94.9 Å². The Balaban J connectivity index is 2.42. The number of aromatic nitrogens is 1. The minimum absolute atomic E-state index is 0.737. The van der Waals surface area contributed by atoms with Crippen LogP contribution in [0.1, 0.15) is 11.1 Å². The maximum atomic E-state index is 5.44. The summed E-state index contributed by atoms with van der Waals surface area (Å²) in [7, 11) is 0. The molecule has 0 spiro atoms. The molecule has 0 saturated carbocycles. The average molecular weight is 212 g/mol. The molecule has 0 radical (unpaired) electrons. The molecule has 3 nitrogen and oxygen atoms in total. The van der Waals surface area contributed by atoms with Crippen molar-refractivity contribution in [2.45, 2.75) is 6.92 Å². The fourth-order valence-electron chi connectivity index (χ4n) is 1.52. The molecule has 80 valence electrons. The van der Waals surface area contributed by atoms with Gasteiger partial charge < -0.3 is 0 Å². The van der Waals surface area contributed by atoms with Gasteiger partial charge in [-0.1, -0.05) is 18.2 Å². The van der Waals surface area contributed by atoms with E-state index in [0.717, 1.165) is 11.4 Å². The minimum Gasteiger partial charge on any atom is -0.231 e. The number of aryl methyl sites for hydroxylation is 1. The molecule has 2 N–H and O–H groups in total. The van der Waals surface area contributed by atoms with Gasteiger partial charge in [0.15, 0.2) is 0 Å². The number of hydrazone groups is 1. The van der Waals surface area contributed by atoms with Gasteiger partial charge in [0.2, 0.25) is 0 Å². The Morgan fingerprint density at radius 3 is 2.25 bits per heavy atom. The van der Waals surface area contributed by atoms with Gasteiger partial charge >= 0.3 is 5.84 Å². The number of nitrogens with two attached hydrogens (primary N) is 1. The molecule has 0 aliphatic carbocycles. The molecule has 0 unspecified atom stereocenters. The van der Waals surface area contributed by atoms with Crippen molar-refractivity contribution < 1.29 is 4.57 Å². The van der Waals surface area contributed by atoms with E-state index in [9.17, 15) is 0 Å². The third-order valence-corrected chi connectivity index (χ3v) is 2.39. The lowest BCUT2D eigenvalue weighted by Crippen LogP contribution is -2.43. The van der Waals surface area contributed by atoms with Crippen molar-refractivity contribution in [3.05, 3.63) is 66.0 Å². The molecule has 0 fully saturated rings. The highest BCUT2D eigenvalue weighted by atomic mass is 15.2. The van der Waals surface area contributed by atoms with Gasteiger partial charge in [-0.05, 0) is 36.8 Å². The monoisotopic (exact) mass is 212 g/mol. The lowest BCUT2D eigenvalue weighted by atomic mass is 10.2. The molecule has 0 atom stereocenters. The first-order chi connectivity index (χ1) is 7.81. The molecule has 1 heterocycles. The van der Waals surface area contributed by atoms with Gasteiger partial charge in [-0.25, -0.2) is 10.4 Å². The molecular weight excluding hydrogens is 198 g/mol. The molecule has 1 aromatic heterocycles. The summed E-state index contributed by atoms with van der Waals surface area (Å²) < 4.78 is 1.91. The average Bonchev–Trinajstić information content (AvgIpc) is 2.34. The largest absolute Gasteiger partial charge is 0.359 e. The quantitative estimate of drug-likeness (QED) is 0.251. The second-order valence-electron chi connectivity index (χ2n) is 3.60. The molecule has 0 aliphatic rings. The van der Waals surface area contributed by atoms with Gasteiger partial charge in [0, 0.05) is 5.10 Å². The van der Waals surface area contributed by atoms with Crippen LogP contribution < -0.4 is 10.4 Å². The highest BCUT2D eigenvalue weighted by Gasteiger charge is 2.13. The second-order valence-corrected chi connectivity index (χ2v) is 3.60. The molecular formula is C13H14N3+. The highest BCUT2D eigenvalue weighted by Crippen LogP contribution is 1.99. The summed E-state index contributed by atoms with van der Waals surface area (Å²) in [5, 5.41) is 3.84. The topological polar surface area (TPSA) is 42.3 Å². The minimum atomic E-state index is 0.737. The van der Waals surface area contributed by atoms with Gasteiger partial charge in [0.25, 0.3) is 0 Å². The van der Waals surface area contributed by atoms with E-state index < -0.39 is 0 Å².